The first-order valence-corrected chi connectivity index (χ1v) is 6.48. The van der Waals surface area contributed by atoms with Crippen molar-refractivity contribution in [2.24, 2.45) is 7.05 Å². The fraction of sp³-hybridized carbons (Fsp3) is 0.125. The van der Waals surface area contributed by atoms with E-state index in [2.05, 4.69) is 21.8 Å². The highest BCUT2D eigenvalue weighted by Crippen LogP contribution is 2.21. The Bertz CT molecular complexity index is 828. The zero-order chi connectivity index (χ0) is 14.7. The van der Waals surface area contributed by atoms with Gasteiger partial charge in [-0.3, -0.25) is 0 Å². The number of nitrogen functional groups attached to an aromatic ring is 1. The van der Waals surface area contributed by atoms with E-state index in [9.17, 15) is 0 Å². The second-order valence-electron chi connectivity index (χ2n) is 4.51. The maximum atomic E-state index is 5.90. The summed E-state index contributed by atoms with van der Waals surface area (Å²) in [6.45, 7) is 0.313. The molecule has 0 bridgehead atoms. The van der Waals surface area contributed by atoms with E-state index >= 15 is 0 Å². The Morgan fingerprint density at radius 2 is 2.05 bits per heavy atom. The molecule has 2 heterocycles. The van der Waals surface area contributed by atoms with Crippen LogP contribution in [-0.2, 0) is 7.05 Å². The zero-order valence-electron chi connectivity index (χ0n) is 11.6. The van der Waals surface area contributed by atoms with Crippen molar-refractivity contribution >= 4 is 16.9 Å². The molecule has 0 aliphatic carbocycles. The number of aromatic nitrogens is 3. The predicted octanol–water partition coefficient (Wildman–Crippen LogP) is 1.98. The molecule has 0 radical (unpaired) electrons. The molecule has 104 valence electrons. The molecule has 2 aromatic heterocycles. The summed E-state index contributed by atoms with van der Waals surface area (Å²) in [6.07, 6.45) is 3.35. The minimum absolute atomic E-state index is 0.313. The lowest BCUT2D eigenvalue weighted by molar-refractivity contribution is 0.370. The fourth-order valence-electron chi connectivity index (χ4n) is 2.10. The molecule has 0 saturated carbocycles. The molecule has 5 heteroatoms. The molecule has 0 spiro atoms. The van der Waals surface area contributed by atoms with Crippen molar-refractivity contribution in [3.63, 3.8) is 0 Å². The molecule has 0 atom stereocenters. The lowest BCUT2D eigenvalue weighted by Crippen LogP contribution is -1.95. The van der Waals surface area contributed by atoms with Crippen LogP contribution >= 0.6 is 0 Å². The molecule has 0 fully saturated rings. The summed E-state index contributed by atoms with van der Waals surface area (Å²) in [6, 6.07) is 9.57. The minimum Gasteiger partial charge on any atom is -0.481 e. The second kappa shape index (κ2) is 5.55. The molecule has 0 amide bonds. The van der Waals surface area contributed by atoms with Crippen molar-refractivity contribution in [2.45, 2.75) is 0 Å². The lowest BCUT2D eigenvalue weighted by atomic mass is 10.2. The van der Waals surface area contributed by atoms with Gasteiger partial charge in [-0.1, -0.05) is 30.0 Å². The monoisotopic (exact) mass is 278 g/mol. The summed E-state index contributed by atoms with van der Waals surface area (Å²) < 4.78 is 7.42. The van der Waals surface area contributed by atoms with Crippen LogP contribution in [0.3, 0.4) is 0 Å². The SMILES string of the molecule is Cn1cc(C#CCOc2ccccc2)c2c(N)ncnc21. The lowest BCUT2D eigenvalue weighted by Gasteiger charge is -1.99. The zero-order valence-corrected chi connectivity index (χ0v) is 11.6. The third kappa shape index (κ3) is 2.65. The Balaban J connectivity index is 1.82. The number of hydrogen-bond acceptors (Lipinski definition) is 4. The largest absolute Gasteiger partial charge is 0.481 e. The fourth-order valence-corrected chi connectivity index (χ4v) is 2.10. The van der Waals surface area contributed by atoms with Gasteiger partial charge in [-0.25, -0.2) is 9.97 Å². The second-order valence-corrected chi connectivity index (χ2v) is 4.51. The molecule has 3 rings (SSSR count). The highest BCUT2D eigenvalue weighted by atomic mass is 16.5. The smallest absolute Gasteiger partial charge is 0.149 e. The number of nitrogens with zero attached hydrogens (tertiary/aromatic N) is 3. The molecule has 0 aliphatic heterocycles. The van der Waals surface area contributed by atoms with E-state index in [1.54, 1.807) is 0 Å². The Morgan fingerprint density at radius 3 is 2.86 bits per heavy atom. The molecule has 2 N–H and O–H groups in total. The molecule has 5 nitrogen and oxygen atoms in total. The summed E-state index contributed by atoms with van der Waals surface area (Å²) in [4.78, 5) is 8.22. The highest BCUT2D eigenvalue weighted by molar-refractivity contribution is 5.92. The normalized spacial score (nSPS) is 10.1. The van der Waals surface area contributed by atoms with Gasteiger partial charge in [0.15, 0.2) is 0 Å². The number of ether oxygens (including phenoxy) is 1. The van der Waals surface area contributed by atoms with Crippen LogP contribution in [0.5, 0.6) is 5.75 Å². The van der Waals surface area contributed by atoms with E-state index < -0.39 is 0 Å². The van der Waals surface area contributed by atoms with E-state index in [1.165, 1.54) is 6.33 Å². The van der Waals surface area contributed by atoms with Gasteiger partial charge < -0.3 is 15.0 Å². The topological polar surface area (TPSA) is 66.0 Å². The number of benzene rings is 1. The van der Waals surface area contributed by atoms with Gasteiger partial charge in [0.1, 0.15) is 30.1 Å². The molecule has 1 aromatic carbocycles. The Kier molecular flexibility index (Phi) is 3.44. The standard InChI is InChI=1S/C16H14N4O/c1-20-10-12(14-15(17)18-11-19-16(14)20)6-5-9-21-13-7-3-2-4-8-13/h2-4,7-8,10-11H,9H2,1H3,(H2,17,18,19). The molecular weight excluding hydrogens is 264 g/mol. The van der Waals surface area contributed by atoms with Crippen LogP contribution < -0.4 is 10.5 Å². The van der Waals surface area contributed by atoms with Crippen LogP contribution in [0, 0.1) is 11.8 Å². The van der Waals surface area contributed by atoms with Crippen LogP contribution in [0.1, 0.15) is 5.56 Å². The van der Waals surface area contributed by atoms with Gasteiger partial charge in [0.25, 0.3) is 0 Å². The van der Waals surface area contributed by atoms with E-state index in [1.807, 2.05) is 48.1 Å². The van der Waals surface area contributed by atoms with Gasteiger partial charge in [-0.15, -0.1) is 0 Å². The maximum Gasteiger partial charge on any atom is 0.149 e. The highest BCUT2D eigenvalue weighted by Gasteiger charge is 2.09. The number of fused-ring (bicyclic) bond motifs is 1. The van der Waals surface area contributed by atoms with Crippen molar-refractivity contribution in [1.29, 1.82) is 0 Å². The van der Waals surface area contributed by atoms with Crippen molar-refractivity contribution in [1.82, 2.24) is 14.5 Å². The Morgan fingerprint density at radius 1 is 1.24 bits per heavy atom. The van der Waals surface area contributed by atoms with Gasteiger partial charge in [-0.2, -0.15) is 0 Å². The predicted molar refractivity (Wildman–Crippen MR) is 81.7 cm³/mol. The van der Waals surface area contributed by atoms with E-state index in [4.69, 9.17) is 10.5 Å². The van der Waals surface area contributed by atoms with Crippen molar-refractivity contribution in [3.8, 4) is 17.6 Å². The van der Waals surface area contributed by atoms with Crippen LogP contribution in [-0.4, -0.2) is 21.1 Å². The first kappa shape index (κ1) is 13.0. The minimum atomic E-state index is 0.313. The van der Waals surface area contributed by atoms with Crippen LogP contribution in [0.2, 0.25) is 0 Å². The van der Waals surface area contributed by atoms with Crippen molar-refractivity contribution < 1.29 is 4.74 Å². The number of hydrogen-bond donors (Lipinski definition) is 1. The van der Waals surface area contributed by atoms with Gasteiger partial charge in [0, 0.05) is 13.2 Å². The maximum absolute atomic E-state index is 5.90. The number of para-hydroxylation sites is 1. The van der Waals surface area contributed by atoms with Crippen molar-refractivity contribution in [3.05, 3.63) is 48.4 Å². The summed E-state index contributed by atoms with van der Waals surface area (Å²) in [5.74, 6) is 7.29. The van der Waals surface area contributed by atoms with Gasteiger partial charge in [0.05, 0.1) is 10.9 Å². The third-order valence-corrected chi connectivity index (χ3v) is 3.06. The summed E-state index contributed by atoms with van der Waals surface area (Å²) in [5.41, 5.74) is 7.48. The first-order valence-electron chi connectivity index (χ1n) is 6.48. The Hall–Kier alpha value is -3.00. The molecule has 0 saturated heterocycles. The molecule has 21 heavy (non-hydrogen) atoms. The van der Waals surface area contributed by atoms with Crippen LogP contribution in [0.4, 0.5) is 5.82 Å². The summed E-state index contributed by atoms with van der Waals surface area (Å²) in [5, 5.41) is 0.784. The van der Waals surface area contributed by atoms with Crippen molar-refractivity contribution in [2.75, 3.05) is 12.3 Å². The van der Waals surface area contributed by atoms with Gasteiger partial charge >= 0.3 is 0 Å². The number of nitrogens with two attached hydrogens (primary N) is 1. The average Bonchev–Trinajstić information content (AvgIpc) is 2.83. The Labute approximate surface area is 122 Å². The van der Waals surface area contributed by atoms with E-state index in [0.717, 1.165) is 22.3 Å². The number of rotatable bonds is 2. The van der Waals surface area contributed by atoms with Gasteiger partial charge in [-0.05, 0) is 12.1 Å². The molecular formula is C16H14N4O. The van der Waals surface area contributed by atoms with Crippen LogP contribution in [0.25, 0.3) is 11.0 Å². The molecule has 0 aliphatic rings. The van der Waals surface area contributed by atoms with E-state index in [-0.39, 0.29) is 0 Å². The summed E-state index contributed by atoms with van der Waals surface area (Å²) >= 11 is 0. The summed E-state index contributed by atoms with van der Waals surface area (Å²) in [7, 11) is 1.90. The van der Waals surface area contributed by atoms with Crippen LogP contribution in [0.15, 0.2) is 42.9 Å². The number of anilines is 1. The third-order valence-electron chi connectivity index (χ3n) is 3.06. The first-order chi connectivity index (χ1) is 10.3. The van der Waals surface area contributed by atoms with E-state index in [0.29, 0.717) is 12.4 Å². The average molecular weight is 278 g/mol. The molecule has 0 unspecified atom stereocenters. The number of aryl methyl sites for hydroxylation is 1. The molecule has 3 aromatic rings. The quantitative estimate of drug-likeness (QED) is 0.728. The van der Waals surface area contributed by atoms with Gasteiger partial charge in [0.2, 0.25) is 0 Å².